The van der Waals surface area contributed by atoms with Crippen LogP contribution in [0.1, 0.15) is 44.4 Å². The highest BCUT2D eigenvalue weighted by molar-refractivity contribution is 7.88. The molecule has 3 heterocycles. The fraction of sp³-hybridized carbons (Fsp3) is 0.615. The number of nitrogens with zero attached hydrogens (tertiary/aromatic N) is 4. The number of likely N-dealkylation sites (N-methyl/N-ethyl adjacent to an activating group) is 1. The second-order valence-electron chi connectivity index (χ2n) is 11.1. The number of aryl methyl sites for hydroxylation is 1. The van der Waals surface area contributed by atoms with Gasteiger partial charge < -0.3 is 15.3 Å². The zero-order valence-corrected chi connectivity index (χ0v) is 23.6. The predicted octanol–water partition coefficient (Wildman–Crippen LogP) is 2.14. The summed E-state index contributed by atoms with van der Waals surface area (Å²) in [6.45, 7) is 5.90. The van der Waals surface area contributed by atoms with E-state index < -0.39 is 32.5 Å². The van der Waals surface area contributed by atoms with E-state index in [-0.39, 0.29) is 11.3 Å². The van der Waals surface area contributed by atoms with Gasteiger partial charge in [-0.3, -0.25) is 4.21 Å². The van der Waals surface area contributed by atoms with Crippen LogP contribution in [0.2, 0.25) is 0 Å². The summed E-state index contributed by atoms with van der Waals surface area (Å²) in [4.78, 5) is 12.5. The van der Waals surface area contributed by atoms with Crippen molar-refractivity contribution >= 4 is 32.6 Å². The summed E-state index contributed by atoms with van der Waals surface area (Å²) < 4.78 is 38.8. The van der Waals surface area contributed by atoms with Gasteiger partial charge in [-0.1, -0.05) is 44.2 Å². The molecule has 0 radical (unpaired) electrons. The average molecular weight is 548 g/mol. The number of sulfonamides is 1. The van der Waals surface area contributed by atoms with E-state index in [1.807, 2.05) is 18.2 Å². The average Bonchev–Trinajstić information content (AvgIpc) is 3.36. The quantitative estimate of drug-likeness (QED) is 0.517. The minimum atomic E-state index is -3.32. The molecular formula is C26H37N5O4S2. The van der Waals surface area contributed by atoms with Crippen molar-refractivity contribution in [3.8, 4) is 0 Å². The molecule has 0 amide bonds. The number of hydrogen-bond donors (Lipinski definition) is 2. The molecule has 1 aromatic carbocycles. The Morgan fingerprint density at radius 1 is 1.22 bits per heavy atom. The molecule has 5 rings (SSSR count). The number of nitrogens with one attached hydrogen (secondary N) is 1. The van der Waals surface area contributed by atoms with Gasteiger partial charge in [0.2, 0.25) is 16.0 Å². The minimum Gasteiger partial charge on any atom is -0.391 e. The number of aliphatic hydroxyl groups excluding tert-OH is 1. The summed E-state index contributed by atoms with van der Waals surface area (Å²) in [6.07, 6.45) is 3.58. The van der Waals surface area contributed by atoms with Crippen LogP contribution in [0.4, 0.5) is 11.8 Å². The Labute approximate surface area is 222 Å². The van der Waals surface area contributed by atoms with Gasteiger partial charge in [0.25, 0.3) is 0 Å². The molecule has 1 saturated carbocycles. The molecular weight excluding hydrogens is 510 g/mol. The predicted molar refractivity (Wildman–Crippen MR) is 146 cm³/mol. The van der Waals surface area contributed by atoms with Crippen LogP contribution in [-0.2, 0) is 32.7 Å². The lowest BCUT2D eigenvalue weighted by molar-refractivity contribution is 0.236. The van der Waals surface area contributed by atoms with Gasteiger partial charge in [0, 0.05) is 50.7 Å². The lowest BCUT2D eigenvalue weighted by Gasteiger charge is -2.44. The van der Waals surface area contributed by atoms with Gasteiger partial charge in [0.05, 0.1) is 34.4 Å². The first-order valence-corrected chi connectivity index (χ1v) is 16.1. The van der Waals surface area contributed by atoms with Gasteiger partial charge in [-0.15, -0.1) is 0 Å². The summed E-state index contributed by atoms with van der Waals surface area (Å²) in [5, 5.41) is 13.9. The number of hydrogen-bond acceptors (Lipinski definition) is 8. The van der Waals surface area contributed by atoms with Gasteiger partial charge in [0.1, 0.15) is 10.7 Å². The van der Waals surface area contributed by atoms with Gasteiger partial charge >= 0.3 is 0 Å². The van der Waals surface area contributed by atoms with Crippen molar-refractivity contribution in [3.63, 3.8) is 0 Å². The highest BCUT2D eigenvalue weighted by Crippen LogP contribution is 2.47. The van der Waals surface area contributed by atoms with Gasteiger partial charge in [0.15, 0.2) is 0 Å². The Kier molecular flexibility index (Phi) is 6.87. The van der Waals surface area contributed by atoms with Crippen molar-refractivity contribution < 1.29 is 17.7 Å². The highest BCUT2D eigenvalue weighted by Gasteiger charge is 2.56. The Balaban J connectivity index is 1.43. The third kappa shape index (κ3) is 4.91. The lowest BCUT2D eigenvalue weighted by Crippen LogP contribution is -2.49. The molecule has 1 aromatic heterocycles. The van der Waals surface area contributed by atoms with E-state index in [1.54, 1.807) is 7.05 Å². The second kappa shape index (κ2) is 9.59. The number of fused-ring (bicyclic) bond motifs is 1. The maximum absolute atomic E-state index is 12.8. The third-order valence-electron chi connectivity index (χ3n) is 8.50. The molecule has 202 valence electrons. The SMILES string of the molecule is CC(C)[C@@]1(Nc2nc(N3CCC(CN(C)S(C)(=O)=O)(c4ccccc4)CC3)nc3c2S(=O)CC3)CC1O. The molecule has 2 N–H and O–H groups in total. The molecule has 3 atom stereocenters. The van der Waals surface area contributed by atoms with Crippen molar-refractivity contribution in [1.82, 2.24) is 14.3 Å². The molecule has 2 unspecified atom stereocenters. The molecule has 37 heavy (non-hydrogen) atoms. The first-order chi connectivity index (χ1) is 17.4. The molecule has 9 nitrogen and oxygen atoms in total. The summed E-state index contributed by atoms with van der Waals surface area (Å²) in [5.74, 6) is 1.92. The van der Waals surface area contributed by atoms with E-state index in [4.69, 9.17) is 9.97 Å². The maximum Gasteiger partial charge on any atom is 0.227 e. The largest absolute Gasteiger partial charge is 0.391 e. The van der Waals surface area contributed by atoms with E-state index in [0.29, 0.717) is 54.9 Å². The molecule has 2 aromatic rings. The number of aromatic nitrogens is 2. The molecule has 11 heteroatoms. The topological polar surface area (TPSA) is 116 Å². The minimum absolute atomic E-state index is 0.194. The third-order valence-corrected chi connectivity index (χ3v) is 11.2. The number of aliphatic hydroxyl groups is 1. The maximum atomic E-state index is 12.8. The van der Waals surface area contributed by atoms with Crippen molar-refractivity contribution in [2.45, 2.75) is 61.5 Å². The van der Waals surface area contributed by atoms with Crippen LogP contribution in [0.15, 0.2) is 35.2 Å². The van der Waals surface area contributed by atoms with Crippen molar-refractivity contribution in [3.05, 3.63) is 41.6 Å². The molecule has 0 bridgehead atoms. The van der Waals surface area contributed by atoms with Gasteiger partial charge in [-0.05, 0) is 24.3 Å². The molecule has 1 saturated heterocycles. The number of rotatable bonds is 8. The van der Waals surface area contributed by atoms with Crippen LogP contribution in [0.25, 0.3) is 0 Å². The Morgan fingerprint density at radius 3 is 2.43 bits per heavy atom. The molecule has 1 aliphatic carbocycles. The van der Waals surface area contributed by atoms with E-state index in [0.717, 1.165) is 24.1 Å². The van der Waals surface area contributed by atoms with Crippen LogP contribution in [-0.4, -0.2) is 82.3 Å². The zero-order valence-electron chi connectivity index (χ0n) is 22.0. The van der Waals surface area contributed by atoms with Crippen molar-refractivity contribution in [2.24, 2.45) is 5.92 Å². The number of benzene rings is 1. The second-order valence-corrected chi connectivity index (χ2v) is 14.7. The number of piperidine rings is 1. The van der Waals surface area contributed by atoms with Crippen LogP contribution in [0.5, 0.6) is 0 Å². The standard InChI is InChI=1S/C26H37N5O4S2/c1-18(2)26(16-21(26)32)29-23-22-20(10-15-36(22)33)27-24(28-23)31-13-11-25(12-14-31,17-30(3)37(4,34)35)19-8-6-5-7-9-19/h5-9,18,21,32H,10-17H2,1-4H3,(H,27,28,29)/t21?,26-,36?/m0/s1. The monoisotopic (exact) mass is 547 g/mol. The van der Waals surface area contributed by atoms with E-state index >= 15 is 0 Å². The lowest BCUT2D eigenvalue weighted by atomic mass is 9.72. The van der Waals surface area contributed by atoms with Crippen molar-refractivity contribution in [2.75, 3.05) is 48.9 Å². The van der Waals surface area contributed by atoms with Crippen LogP contribution in [0, 0.1) is 5.92 Å². The van der Waals surface area contributed by atoms with Gasteiger partial charge in [-0.2, -0.15) is 4.98 Å². The first kappa shape index (κ1) is 26.5. The Bertz CT molecular complexity index is 1300. The number of anilines is 2. The summed E-state index contributed by atoms with van der Waals surface area (Å²) >= 11 is 0. The Morgan fingerprint density at radius 2 is 1.86 bits per heavy atom. The van der Waals surface area contributed by atoms with Crippen LogP contribution < -0.4 is 10.2 Å². The first-order valence-electron chi connectivity index (χ1n) is 12.9. The zero-order chi connectivity index (χ0) is 26.6. The summed E-state index contributed by atoms with van der Waals surface area (Å²) in [6, 6.07) is 10.2. The summed E-state index contributed by atoms with van der Waals surface area (Å²) in [5.41, 5.74) is 1.19. The highest BCUT2D eigenvalue weighted by atomic mass is 32.2. The van der Waals surface area contributed by atoms with E-state index in [9.17, 15) is 17.7 Å². The fourth-order valence-corrected chi connectivity index (χ4v) is 7.59. The van der Waals surface area contributed by atoms with E-state index in [1.165, 1.54) is 10.6 Å². The smallest absolute Gasteiger partial charge is 0.227 e. The van der Waals surface area contributed by atoms with Crippen LogP contribution >= 0.6 is 0 Å². The van der Waals surface area contributed by atoms with Crippen LogP contribution in [0.3, 0.4) is 0 Å². The summed E-state index contributed by atoms with van der Waals surface area (Å²) in [7, 11) is -2.83. The fourth-order valence-electron chi connectivity index (χ4n) is 5.80. The normalized spacial score (nSPS) is 26.9. The van der Waals surface area contributed by atoms with E-state index in [2.05, 4.69) is 36.2 Å². The molecule has 0 spiro atoms. The van der Waals surface area contributed by atoms with Gasteiger partial charge in [-0.25, -0.2) is 17.7 Å². The molecule has 3 aliphatic rings. The van der Waals surface area contributed by atoms with Crippen molar-refractivity contribution in [1.29, 1.82) is 0 Å². The molecule has 2 aliphatic heterocycles. The Hall–Kier alpha value is -2.08. The molecule has 2 fully saturated rings.